The average Bonchev–Trinajstić information content (AvgIpc) is 3.32. The standard InChI is InChI=1S/C20H19N5OS/c1-13-6-8-14(9-7-13)11-22-19(26)17-15-5-3-4-10-25(15)18(24-17)16-12-23-20(21-2)27-16/h3-10,12H,11H2,1-2H3,(H,21,23)(H,22,26). The van der Waals surface area contributed by atoms with Gasteiger partial charge in [0, 0.05) is 19.8 Å². The summed E-state index contributed by atoms with van der Waals surface area (Å²) < 4.78 is 1.92. The van der Waals surface area contributed by atoms with Gasteiger partial charge in [-0.15, -0.1) is 0 Å². The van der Waals surface area contributed by atoms with Gasteiger partial charge >= 0.3 is 0 Å². The monoisotopic (exact) mass is 377 g/mol. The molecule has 0 aliphatic heterocycles. The Hall–Kier alpha value is -3.19. The fourth-order valence-electron chi connectivity index (χ4n) is 2.84. The van der Waals surface area contributed by atoms with Gasteiger partial charge in [-0.1, -0.05) is 47.2 Å². The lowest BCUT2D eigenvalue weighted by atomic mass is 10.1. The summed E-state index contributed by atoms with van der Waals surface area (Å²) in [5.74, 6) is 0.522. The van der Waals surface area contributed by atoms with E-state index in [1.807, 2.05) is 67.0 Å². The summed E-state index contributed by atoms with van der Waals surface area (Å²) in [5.41, 5.74) is 3.43. The fourth-order valence-corrected chi connectivity index (χ4v) is 3.60. The molecule has 0 atom stereocenters. The van der Waals surface area contributed by atoms with E-state index >= 15 is 0 Å². The van der Waals surface area contributed by atoms with Gasteiger partial charge in [-0.25, -0.2) is 9.97 Å². The van der Waals surface area contributed by atoms with Crippen molar-refractivity contribution in [3.05, 3.63) is 71.7 Å². The molecule has 0 aliphatic rings. The predicted octanol–water partition coefficient (Wildman–Crippen LogP) is 3.74. The second-order valence-corrected chi connectivity index (χ2v) is 7.22. The number of fused-ring (bicyclic) bond motifs is 1. The first-order chi connectivity index (χ1) is 13.2. The quantitative estimate of drug-likeness (QED) is 0.556. The number of imidazole rings is 1. The minimum Gasteiger partial charge on any atom is -0.365 e. The summed E-state index contributed by atoms with van der Waals surface area (Å²) in [4.78, 5) is 22.6. The highest BCUT2D eigenvalue weighted by Crippen LogP contribution is 2.29. The molecule has 6 nitrogen and oxygen atoms in total. The first-order valence-electron chi connectivity index (χ1n) is 8.60. The van der Waals surface area contributed by atoms with E-state index in [0.29, 0.717) is 18.1 Å². The van der Waals surface area contributed by atoms with E-state index in [1.165, 1.54) is 16.9 Å². The lowest BCUT2D eigenvalue weighted by Crippen LogP contribution is -2.23. The van der Waals surface area contributed by atoms with Crippen molar-refractivity contribution in [1.82, 2.24) is 19.7 Å². The van der Waals surface area contributed by atoms with Crippen LogP contribution in [0.3, 0.4) is 0 Å². The van der Waals surface area contributed by atoms with Crippen molar-refractivity contribution in [3.63, 3.8) is 0 Å². The minimum atomic E-state index is -0.191. The maximum Gasteiger partial charge on any atom is 0.272 e. The SMILES string of the molecule is CNc1ncc(-c2nc(C(=O)NCc3ccc(C)cc3)c3ccccn23)s1. The molecule has 4 aromatic rings. The Morgan fingerprint density at radius 3 is 2.74 bits per heavy atom. The van der Waals surface area contributed by atoms with Crippen LogP contribution in [0.2, 0.25) is 0 Å². The molecule has 7 heteroatoms. The summed E-state index contributed by atoms with van der Waals surface area (Å²) in [6.07, 6.45) is 3.68. The van der Waals surface area contributed by atoms with Crippen LogP contribution >= 0.6 is 11.3 Å². The van der Waals surface area contributed by atoms with Crippen molar-refractivity contribution in [2.45, 2.75) is 13.5 Å². The van der Waals surface area contributed by atoms with Crippen molar-refractivity contribution in [2.24, 2.45) is 0 Å². The molecule has 0 aliphatic carbocycles. The maximum atomic E-state index is 12.8. The highest BCUT2D eigenvalue weighted by molar-refractivity contribution is 7.18. The number of hydrogen-bond donors (Lipinski definition) is 2. The summed E-state index contributed by atoms with van der Waals surface area (Å²) in [7, 11) is 1.83. The van der Waals surface area contributed by atoms with Crippen molar-refractivity contribution in [3.8, 4) is 10.7 Å². The Bertz CT molecular complexity index is 1100. The number of carbonyl (C=O) groups excluding carboxylic acids is 1. The Balaban J connectivity index is 1.65. The maximum absolute atomic E-state index is 12.8. The van der Waals surface area contributed by atoms with E-state index in [4.69, 9.17) is 0 Å². The number of anilines is 1. The number of nitrogens with zero attached hydrogens (tertiary/aromatic N) is 3. The van der Waals surface area contributed by atoms with Gasteiger partial charge < -0.3 is 10.6 Å². The number of benzene rings is 1. The number of aromatic nitrogens is 3. The fraction of sp³-hybridized carbons (Fsp3) is 0.150. The number of aryl methyl sites for hydroxylation is 1. The molecule has 3 aromatic heterocycles. The highest BCUT2D eigenvalue weighted by atomic mass is 32.1. The van der Waals surface area contributed by atoms with Gasteiger partial charge in [0.1, 0.15) is 0 Å². The summed E-state index contributed by atoms with van der Waals surface area (Å²) in [6, 6.07) is 13.8. The Morgan fingerprint density at radius 1 is 1.19 bits per heavy atom. The van der Waals surface area contributed by atoms with Gasteiger partial charge in [0.05, 0.1) is 16.6 Å². The van der Waals surface area contributed by atoms with Gasteiger partial charge in [0.25, 0.3) is 5.91 Å². The van der Waals surface area contributed by atoms with Gasteiger partial charge in [-0.2, -0.15) is 0 Å². The van der Waals surface area contributed by atoms with Gasteiger partial charge in [-0.3, -0.25) is 9.20 Å². The van der Waals surface area contributed by atoms with Crippen LogP contribution in [-0.2, 0) is 6.54 Å². The number of nitrogens with one attached hydrogen (secondary N) is 2. The van der Waals surface area contributed by atoms with Crippen molar-refractivity contribution < 1.29 is 4.79 Å². The smallest absolute Gasteiger partial charge is 0.272 e. The summed E-state index contributed by atoms with van der Waals surface area (Å²) >= 11 is 1.50. The number of carbonyl (C=O) groups is 1. The molecule has 3 heterocycles. The van der Waals surface area contributed by atoms with Gasteiger partial charge in [0.2, 0.25) is 0 Å². The molecule has 0 radical (unpaired) electrons. The van der Waals surface area contributed by atoms with Crippen LogP contribution < -0.4 is 10.6 Å². The zero-order valence-electron chi connectivity index (χ0n) is 15.1. The molecular weight excluding hydrogens is 358 g/mol. The number of thiazole rings is 1. The Kier molecular flexibility index (Phi) is 4.60. The molecule has 0 bridgehead atoms. The van der Waals surface area contributed by atoms with E-state index in [-0.39, 0.29) is 5.91 Å². The van der Waals surface area contributed by atoms with Crippen LogP contribution in [0.4, 0.5) is 5.13 Å². The lowest BCUT2D eigenvalue weighted by molar-refractivity contribution is 0.0948. The molecular formula is C20H19N5OS. The van der Waals surface area contributed by atoms with Crippen molar-refractivity contribution >= 4 is 27.9 Å². The minimum absolute atomic E-state index is 0.191. The molecule has 0 unspecified atom stereocenters. The molecule has 136 valence electrons. The molecule has 2 N–H and O–H groups in total. The first kappa shape index (κ1) is 17.2. The number of hydrogen-bond acceptors (Lipinski definition) is 5. The lowest BCUT2D eigenvalue weighted by Gasteiger charge is -2.04. The molecule has 1 amide bonds. The van der Waals surface area contributed by atoms with Crippen molar-refractivity contribution in [2.75, 3.05) is 12.4 Å². The van der Waals surface area contributed by atoms with Crippen LogP contribution in [-0.4, -0.2) is 27.3 Å². The van der Waals surface area contributed by atoms with E-state index in [2.05, 4.69) is 20.6 Å². The topological polar surface area (TPSA) is 71.3 Å². The van der Waals surface area contributed by atoms with Crippen LogP contribution in [0.15, 0.2) is 54.9 Å². The molecule has 0 saturated heterocycles. The Morgan fingerprint density at radius 2 is 2.00 bits per heavy atom. The molecule has 0 spiro atoms. The second-order valence-electron chi connectivity index (χ2n) is 6.19. The summed E-state index contributed by atoms with van der Waals surface area (Å²) in [6.45, 7) is 2.50. The third-order valence-electron chi connectivity index (χ3n) is 4.28. The largest absolute Gasteiger partial charge is 0.365 e. The van der Waals surface area contributed by atoms with Gasteiger partial charge in [0.15, 0.2) is 16.6 Å². The number of amides is 1. The van der Waals surface area contributed by atoms with E-state index in [1.54, 1.807) is 6.20 Å². The third kappa shape index (κ3) is 3.41. The third-order valence-corrected chi connectivity index (χ3v) is 5.29. The van der Waals surface area contributed by atoms with Crippen LogP contribution in [0, 0.1) is 6.92 Å². The first-order valence-corrected chi connectivity index (χ1v) is 9.42. The van der Waals surface area contributed by atoms with Crippen LogP contribution in [0.25, 0.3) is 16.2 Å². The van der Waals surface area contributed by atoms with Crippen LogP contribution in [0.5, 0.6) is 0 Å². The number of pyridine rings is 1. The Labute approximate surface area is 160 Å². The van der Waals surface area contributed by atoms with Crippen LogP contribution in [0.1, 0.15) is 21.6 Å². The number of rotatable bonds is 5. The van der Waals surface area contributed by atoms with E-state index in [0.717, 1.165) is 21.1 Å². The normalized spacial score (nSPS) is 10.9. The van der Waals surface area contributed by atoms with Crippen molar-refractivity contribution in [1.29, 1.82) is 0 Å². The van der Waals surface area contributed by atoms with E-state index < -0.39 is 0 Å². The summed E-state index contributed by atoms with van der Waals surface area (Å²) in [5, 5.41) is 6.81. The molecule has 27 heavy (non-hydrogen) atoms. The molecule has 1 aromatic carbocycles. The second kappa shape index (κ2) is 7.20. The average molecular weight is 377 g/mol. The highest BCUT2D eigenvalue weighted by Gasteiger charge is 2.19. The zero-order valence-corrected chi connectivity index (χ0v) is 15.9. The molecule has 0 saturated carbocycles. The zero-order chi connectivity index (χ0) is 18.8. The molecule has 0 fully saturated rings. The predicted molar refractivity (Wildman–Crippen MR) is 108 cm³/mol. The van der Waals surface area contributed by atoms with E-state index in [9.17, 15) is 4.79 Å². The molecule has 4 rings (SSSR count). The van der Waals surface area contributed by atoms with Gasteiger partial charge in [-0.05, 0) is 24.6 Å².